The number of sulfonamides is 1. The Morgan fingerprint density at radius 1 is 1.40 bits per heavy atom. The first-order chi connectivity index (χ1) is 9.19. The molecule has 0 heterocycles. The molecule has 7 heteroatoms. The van der Waals surface area contributed by atoms with Crippen molar-refractivity contribution in [1.29, 1.82) is 0 Å². The lowest BCUT2D eigenvalue weighted by molar-refractivity contribution is 0.153. The fourth-order valence-corrected chi connectivity index (χ4v) is 3.07. The van der Waals surface area contributed by atoms with Gasteiger partial charge in [0.15, 0.2) is 0 Å². The maximum absolute atomic E-state index is 13.6. The van der Waals surface area contributed by atoms with E-state index in [0.29, 0.717) is 13.0 Å². The highest BCUT2D eigenvalue weighted by Gasteiger charge is 2.25. The van der Waals surface area contributed by atoms with Gasteiger partial charge in [-0.1, -0.05) is 19.9 Å². The molecule has 0 fully saturated rings. The lowest BCUT2D eigenvalue weighted by Gasteiger charge is -2.24. The standard InChI is InChI=1S/C13H21FN2O3S/c1-13(2,7-8-19-3)9-16-20(17,18)12-10(14)5-4-6-11(12)15/h4-6,16H,7-9,15H2,1-3H3. The maximum Gasteiger partial charge on any atom is 0.245 e. The van der Waals surface area contributed by atoms with E-state index in [1.165, 1.54) is 12.1 Å². The number of methoxy groups -OCH3 is 1. The lowest BCUT2D eigenvalue weighted by atomic mass is 9.90. The Hall–Kier alpha value is -1.18. The highest BCUT2D eigenvalue weighted by Crippen LogP contribution is 2.24. The molecule has 3 N–H and O–H groups in total. The van der Waals surface area contributed by atoms with Crippen molar-refractivity contribution in [2.24, 2.45) is 5.41 Å². The number of nitrogens with one attached hydrogen (secondary N) is 1. The molecular formula is C13H21FN2O3S. The van der Waals surface area contributed by atoms with Gasteiger partial charge in [0.05, 0.1) is 5.69 Å². The van der Waals surface area contributed by atoms with Gasteiger partial charge in [-0.2, -0.15) is 0 Å². The van der Waals surface area contributed by atoms with Crippen LogP contribution in [0.2, 0.25) is 0 Å². The monoisotopic (exact) mass is 304 g/mol. The molecule has 0 unspecified atom stereocenters. The van der Waals surface area contributed by atoms with Crippen LogP contribution in [-0.2, 0) is 14.8 Å². The molecule has 1 aromatic carbocycles. The molecule has 20 heavy (non-hydrogen) atoms. The number of hydrogen-bond donors (Lipinski definition) is 2. The first-order valence-electron chi connectivity index (χ1n) is 6.22. The van der Waals surface area contributed by atoms with Gasteiger partial charge in [0, 0.05) is 20.3 Å². The average Bonchev–Trinajstić information content (AvgIpc) is 2.34. The minimum absolute atomic E-state index is 0.104. The van der Waals surface area contributed by atoms with Crippen molar-refractivity contribution in [2.45, 2.75) is 25.2 Å². The first-order valence-corrected chi connectivity index (χ1v) is 7.70. The quantitative estimate of drug-likeness (QED) is 0.752. The zero-order valence-electron chi connectivity index (χ0n) is 11.9. The smallest absolute Gasteiger partial charge is 0.245 e. The first kappa shape index (κ1) is 16.9. The fourth-order valence-electron chi connectivity index (χ4n) is 1.64. The van der Waals surface area contributed by atoms with Crippen LogP contribution < -0.4 is 10.5 Å². The van der Waals surface area contributed by atoms with Gasteiger partial charge in [0.1, 0.15) is 10.7 Å². The predicted molar refractivity (Wildman–Crippen MR) is 76.3 cm³/mol. The Bertz CT molecular complexity index is 538. The van der Waals surface area contributed by atoms with E-state index in [2.05, 4.69) is 4.72 Å². The molecule has 0 saturated heterocycles. The van der Waals surface area contributed by atoms with E-state index in [0.717, 1.165) is 6.07 Å². The van der Waals surface area contributed by atoms with Crippen LogP contribution in [0, 0.1) is 11.2 Å². The van der Waals surface area contributed by atoms with Crippen molar-refractivity contribution in [2.75, 3.05) is 26.0 Å². The summed E-state index contributed by atoms with van der Waals surface area (Å²) in [6, 6.07) is 3.79. The summed E-state index contributed by atoms with van der Waals surface area (Å²) in [6.45, 7) is 4.50. The maximum atomic E-state index is 13.6. The second-order valence-corrected chi connectivity index (χ2v) is 7.09. The SMILES string of the molecule is COCCC(C)(C)CNS(=O)(=O)c1c(N)cccc1F. The van der Waals surface area contributed by atoms with Gasteiger partial charge in [0.25, 0.3) is 0 Å². The van der Waals surface area contributed by atoms with Crippen LogP contribution in [0.1, 0.15) is 20.3 Å². The van der Waals surface area contributed by atoms with Gasteiger partial charge in [-0.3, -0.25) is 0 Å². The minimum Gasteiger partial charge on any atom is -0.398 e. The minimum atomic E-state index is -3.97. The van der Waals surface area contributed by atoms with Gasteiger partial charge >= 0.3 is 0 Å². The molecule has 0 spiro atoms. The van der Waals surface area contributed by atoms with E-state index in [1.54, 1.807) is 7.11 Å². The molecule has 0 aromatic heterocycles. The van der Waals surface area contributed by atoms with Crippen LogP contribution in [0.15, 0.2) is 23.1 Å². The summed E-state index contributed by atoms with van der Waals surface area (Å²) >= 11 is 0. The van der Waals surface area contributed by atoms with Gasteiger partial charge in [-0.15, -0.1) is 0 Å². The highest BCUT2D eigenvalue weighted by molar-refractivity contribution is 7.89. The van der Waals surface area contributed by atoms with Gasteiger partial charge < -0.3 is 10.5 Å². The van der Waals surface area contributed by atoms with E-state index in [-0.39, 0.29) is 17.6 Å². The fraction of sp³-hybridized carbons (Fsp3) is 0.538. The Balaban J connectivity index is 2.86. The summed E-state index contributed by atoms with van der Waals surface area (Å²) < 4.78 is 45.3. The van der Waals surface area contributed by atoms with Crippen LogP contribution in [0.25, 0.3) is 0 Å². The van der Waals surface area contributed by atoms with E-state index in [1.807, 2.05) is 13.8 Å². The Kier molecular flexibility index (Phi) is 5.50. The molecule has 1 rings (SSSR count). The molecule has 0 amide bonds. The second kappa shape index (κ2) is 6.51. The Morgan fingerprint density at radius 3 is 2.60 bits per heavy atom. The Morgan fingerprint density at radius 2 is 2.05 bits per heavy atom. The molecule has 5 nitrogen and oxygen atoms in total. The van der Waals surface area contributed by atoms with Crippen LogP contribution in [-0.4, -0.2) is 28.7 Å². The summed E-state index contributed by atoms with van der Waals surface area (Å²) in [4.78, 5) is -0.498. The number of nitrogens with two attached hydrogens (primary N) is 1. The third-order valence-corrected chi connectivity index (χ3v) is 4.48. The number of rotatable bonds is 7. The summed E-state index contributed by atoms with van der Waals surface area (Å²) in [5.41, 5.74) is 5.14. The van der Waals surface area contributed by atoms with Crippen LogP contribution in [0.4, 0.5) is 10.1 Å². The summed E-state index contributed by atoms with van der Waals surface area (Å²) in [6.07, 6.45) is 0.679. The zero-order chi connectivity index (χ0) is 15.4. The summed E-state index contributed by atoms with van der Waals surface area (Å²) in [7, 11) is -2.39. The van der Waals surface area contributed by atoms with Crippen LogP contribution >= 0.6 is 0 Å². The molecule has 1 aromatic rings. The van der Waals surface area contributed by atoms with Gasteiger partial charge in [0.2, 0.25) is 10.0 Å². The molecular weight excluding hydrogens is 283 g/mol. The third kappa shape index (κ3) is 4.43. The van der Waals surface area contributed by atoms with Gasteiger partial charge in [-0.25, -0.2) is 17.5 Å². The number of nitrogen functional groups attached to an aromatic ring is 1. The van der Waals surface area contributed by atoms with E-state index in [9.17, 15) is 12.8 Å². The van der Waals surface area contributed by atoms with Crippen molar-refractivity contribution in [3.05, 3.63) is 24.0 Å². The number of anilines is 1. The van der Waals surface area contributed by atoms with Crippen LogP contribution in [0.3, 0.4) is 0 Å². The molecule has 0 bridgehead atoms. The largest absolute Gasteiger partial charge is 0.398 e. The van der Waals surface area contributed by atoms with Crippen molar-refractivity contribution in [1.82, 2.24) is 4.72 Å². The predicted octanol–water partition coefficient (Wildman–Crippen LogP) is 1.75. The van der Waals surface area contributed by atoms with Gasteiger partial charge in [-0.05, 0) is 24.0 Å². The molecule has 0 aliphatic carbocycles. The molecule has 0 aliphatic rings. The topological polar surface area (TPSA) is 81.4 Å². The molecule has 0 aliphatic heterocycles. The molecule has 0 radical (unpaired) electrons. The normalized spacial score (nSPS) is 12.6. The number of ether oxygens (including phenoxy) is 1. The Labute approximate surface area is 119 Å². The van der Waals surface area contributed by atoms with E-state index in [4.69, 9.17) is 10.5 Å². The number of benzene rings is 1. The number of halogens is 1. The molecule has 0 atom stereocenters. The van der Waals surface area contributed by atoms with E-state index >= 15 is 0 Å². The zero-order valence-corrected chi connectivity index (χ0v) is 12.8. The summed E-state index contributed by atoms with van der Waals surface area (Å²) in [5, 5.41) is 0. The van der Waals surface area contributed by atoms with Crippen molar-refractivity contribution < 1.29 is 17.5 Å². The average molecular weight is 304 g/mol. The molecule has 0 saturated carbocycles. The summed E-state index contributed by atoms with van der Waals surface area (Å²) in [5.74, 6) is -0.854. The van der Waals surface area contributed by atoms with Crippen molar-refractivity contribution in [3.8, 4) is 0 Å². The molecule has 114 valence electrons. The number of hydrogen-bond acceptors (Lipinski definition) is 4. The third-order valence-electron chi connectivity index (χ3n) is 2.99. The van der Waals surface area contributed by atoms with Crippen molar-refractivity contribution in [3.63, 3.8) is 0 Å². The lowest BCUT2D eigenvalue weighted by Crippen LogP contribution is -2.35. The second-order valence-electron chi connectivity index (χ2n) is 5.39. The van der Waals surface area contributed by atoms with Crippen molar-refractivity contribution >= 4 is 15.7 Å². The highest BCUT2D eigenvalue weighted by atomic mass is 32.2. The van der Waals surface area contributed by atoms with E-state index < -0.39 is 20.7 Å². The van der Waals surface area contributed by atoms with Crippen LogP contribution in [0.5, 0.6) is 0 Å².